The summed E-state index contributed by atoms with van der Waals surface area (Å²) in [5.74, 6) is 1.90. The number of amides is 1. The molecule has 0 saturated heterocycles. The maximum Gasteiger partial charge on any atom is 0.241 e. The van der Waals surface area contributed by atoms with Crippen molar-refractivity contribution >= 4 is 11.6 Å². The van der Waals surface area contributed by atoms with E-state index in [2.05, 4.69) is 12.6 Å². The zero-order chi connectivity index (χ0) is 21.6. The van der Waals surface area contributed by atoms with Gasteiger partial charge in [0.1, 0.15) is 12.4 Å². The molecule has 2 aliphatic rings. The highest BCUT2D eigenvalue weighted by molar-refractivity contribution is 5.95. The maximum atomic E-state index is 13.4. The van der Waals surface area contributed by atoms with Gasteiger partial charge in [-0.25, -0.2) is 0 Å². The highest BCUT2D eigenvalue weighted by atomic mass is 16.7. The summed E-state index contributed by atoms with van der Waals surface area (Å²) >= 11 is 0. The second kappa shape index (κ2) is 9.54. The zero-order valence-electron chi connectivity index (χ0n) is 17.3. The summed E-state index contributed by atoms with van der Waals surface area (Å²) in [4.78, 5) is 17.1. The number of fused-ring (bicyclic) bond motifs is 1. The van der Waals surface area contributed by atoms with E-state index in [1.165, 1.54) is 0 Å². The van der Waals surface area contributed by atoms with Crippen molar-refractivity contribution in [3.8, 4) is 23.3 Å². The van der Waals surface area contributed by atoms with Crippen molar-refractivity contribution in [2.45, 2.75) is 25.4 Å². The van der Waals surface area contributed by atoms with Crippen LogP contribution >= 0.6 is 0 Å². The van der Waals surface area contributed by atoms with E-state index in [0.29, 0.717) is 42.1 Å². The maximum absolute atomic E-state index is 13.4. The molecule has 2 aromatic rings. The first-order chi connectivity index (χ1) is 15.2. The average molecular weight is 419 g/mol. The van der Waals surface area contributed by atoms with Crippen LogP contribution in [0.15, 0.2) is 55.1 Å². The fourth-order valence-corrected chi connectivity index (χ4v) is 3.57. The molecule has 0 aromatic heterocycles. The van der Waals surface area contributed by atoms with Gasteiger partial charge in [0.05, 0.1) is 25.7 Å². The molecule has 0 unspecified atom stereocenters. The van der Waals surface area contributed by atoms with E-state index >= 15 is 0 Å². The normalized spacial score (nSPS) is 14.2. The average Bonchev–Trinajstić information content (AvgIpc) is 3.53. The first-order valence-corrected chi connectivity index (χ1v) is 10.3. The summed E-state index contributed by atoms with van der Waals surface area (Å²) in [5.41, 5.74) is 1.59. The van der Waals surface area contributed by atoms with Gasteiger partial charge in [-0.05, 0) is 31.0 Å². The largest absolute Gasteiger partial charge is 0.489 e. The van der Waals surface area contributed by atoms with Crippen molar-refractivity contribution in [2.24, 2.45) is 0 Å². The first-order valence-electron chi connectivity index (χ1n) is 10.3. The molecule has 1 saturated carbocycles. The van der Waals surface area contributed by atoms with Crippen LogP contribution in [0.5, 0.6) is 17.2 Å². The number of anilines is 1. The number of para-hydroxylation sites is 1. The number of benzene rings is 2. The second-order valence-electron chi connectivity index (χ2n) is 7.52. The van der Waals surface area contributed by atoms with Crippen molar-refractivity contribution < 1.29 is 19.0 Å². The summed E-state index contributed by atoms with van der Waals surface area (Å²) in [5, 5.41) is 9.17. The number of carbonyl (C=O) groups excluding carboxylic acids is 1. The van der Waals surface area contributed by atoms with E-state index < -0.39 is 0 Å². The Bertz CT molecular complexity index is 997. The lowest BCUT2D eigenvalue weighted by Gasteiger charge is -2.27. The van der Waals surface area contributed by atoms with Crippen molar-refractivity contribution in [1.29, 1.82) is 5.26 Å². The lowest BCUT2D eigenvalue weighted by Crippen LogP contribution is -2.41. The van der Waals surface area contributed by atoms with Crippen molar-refractivity contribution in [2.75, 3.05) is 31.4 Å². The molecule has 1 aliphatic carbocycles. The Kier molecular flexibility index (Phi) is 6.39. The molecule has 0 bridgehead atoms. The molecule has 0 radical (unpaired) electrons. The van der Waals surface area contributed by atoms with Gasteiger partial charge >= 0.3 is 0 Å². The molecule has 0 N–H and O–H groups in total. The molecule has 0 atom stereocenters. The number of ether oxygens (including phenoxy) is 3. The van der Waals surface area contributed by atoms with Gasteiger partial charge in [0.15, 0.2) is 11.5 Å². The Balaban J connectivity index is 1.62. The van der Waals surface area contributed by atoms with Gasteiger partial charge < -0.3 is 19.1 Å². The summed E-state index contributed by atoms with van der Waals surface area (Å²) in [6.07, 6.45) is 3.74. The van der Waals surface area contributed by atoms with E-state index in [-0.39, 0.29) is 25.8 Å². The summed E-state index contributed by atoms with van der Waals surface area (Å²) < 4.78 is 16.7. The second-order valence-corrected chi connectivity index (χ2v) is 7.52. The number of hydrogen-bond acceptors (Lipinski definition) is 6. The third-order valence-corrected chi connectivity index (χ3v) is 5.30. The molecule has 31 heavy (non-hydrogen) atoms. The van der Waals surface area contributed by atoms with E-state index in [9.17, 15) is 10.1 Å². The Morgan fingerprint density at radius 3 is 2.81 bits per heavy atom. The molecule has 7 heteroatoms. The highest BCUT2D eigenvalue weighted by Crippen LogP contribution is 2.36. The molecular weight excluding hydrogens is 394 g/mol. The van der Waals surface area contributed by atoms with Crippen LogP contribution in [-0.2, 0) is 11.3 Å². The molecule has 1 fully saturated rings. The van der Waals surface area contributed by atoms with Crippen LogP contribution in [0.2, 0.25) is 0 Å². The Labute approximate surface area is 182 Å². The quantitative estimate of drug-likeness (QED) is 0.433. The molecule has 1 heterocycles. The summed E-state index contributed by atoms with van der Waals surface area (Å²) in [6.45, 7) is 5.01. The van der Waals surface area contributed by atoms with Crippen molar-refractivity contribution in [1.82, 2.24) is 4.90 Å². The van der Waals surface area contributed by atoms with Gasteiger partial charge in [-0.1, -0.05) is 30.9 Å². The third-order valence-electron chi connectivity index (χ3n) is 5.30. The van der Waals surface area contributed by atoms with Gasteiger partial charge in [0, 0.05) is 23.4 Å². The predicted molar refractivity (Wildman–Crippen MR) is 116 cm³/mol. The molecule has 1 aliphatic heterocycles. The molecule has 0 spiro atoms. The first kappa shape index (κ1) is 20.8. The smallest absolute Gasteiger partial charge is 0.241 e. The Morgan fingerprint density at radius 1 is 1.23 bits per heavy atom. The fourth-order valence-electron chi connectivity index (χ4n) is 3.57. The standard InChI is InChI=1S/C24H25N3O4/c1-2-13-29-21-6-4-3-5-18(21)15-27(20-9-10-22-23(14-20)31-17-30-22)24(28)16-26(12-11-25)19-7-8-19/h2-6,9-10,14,19H,1,7-8,12-13,15-17H2. The number of carbonyl (C=O) groups is 1. The van der Waals surface area contributed by atoms with Crippen molar-refractivity contribution in [3.63, 3.8) is 0 Å². The van der Waals surface area contributed by atoms with Crippen LogP contribution in [0.4, 0.5) is 5.69 Å². The van der Waals surface area contributed by atoms with Gasteiger partial charge in [-0.15, -0.1) is 0 Å². The van der Waals surface area contributed by atoms with Crippen LogP contribution in [0.1, 0.15) is 18.4 Å². The highest BCUT2D eigenvalue weighted by Gasteiger charge is 2.32. The van der Waals surface area contributed by atoms with Gasteiger partial charge in [0.2, 0.25) is 12.7 Å². The molecule has 7 nitrogen and oxygen atoms in total. The van der Waals surface area contributed by atoms with Gasteiger partial charge in [-0.2, -0.15) is 5.26 Å². The topological polar surface area (TPSA) is 75.0 Å². The number of hydrogen-bond donors (Lipinski definition) is 0. The van der Waals surface area contributed by atoms with Crippen LogP contribution in [0.3, 0.4) is 0 Å². The van der Waals surface area contributed by atoms with E-state index in [4.69, 9.17) is 14.2 Å². The zero-order valence-corrected chi connectivity index (χ0v) is 17.3. The number of rotatable bonds is 10. The Morgan fingerprint density at radius 2 is 2.03 bits per heavy atom. The molecule has 4 rings (SSSR count). The molecule has 160 valence electrons. The van der Waals surface area contributed by atoms with Crippen molar-refractivity contribution in [3.05, 3.63) is 60.7 Å². The third kappa shape index (κ3) is 4.98. The molecule has 2 aromatic carbocycles. The van der Waals surface area contributed by atoms with Gasteiger partial charge in [0.25, 0.3) is 0 Å². The minimum atomic E-state index is -0.0838. The monoisotopic (exact) mass is 419 g/mol. The Hall–Kier alpha value is -3.50. The van der Waals surface area contributed by atoms with Crippen LogP contribution in [0, 0.1) is 11.3 Å². The predicted octanol–water partition coefficient (Wildman–Crippen LogP) is 3.50. The lowest BCUT2D eigenvalue weighted by molar-refractivity contribution is -0.119. The van der Waals surface area contributed by atoms with Crippen LogP contribution < -0.4 is 19.1 Å². The van der Waals surface area contributed by atoms with E-state index in [1.54, 1.807) is 11.0 Å². The minimum absolute atomic E-state index is 0.0838. The van der Waals surface area contributed by atoms with E-state index in [1.807, 2.05) is 47.4 Å². The minimum Gasteiger partial charge on any atom is -0.489 e. The van der Waals surface area contributed by atoms with Gasteiger partial charge in [-0.3, -0.25) is 9.69 Å². The summed E-state index contributed by atoms with van der Waals surface area (Å²) in [7, 11) is 0. The molecular formula is C24H25N3O4. The summed E-state index contributed by atoms with van der Waals surface area (Å²) in [6, 6.07) is 15.6. The van der Waals surface area contributed by atoms with Crippen LogP contribution in [-0.4, -0.2) is 43.3 Å². The number of nitrogens with zero attached hydrogens (tertiary/aromatic N) is 3. The number of nitriles is 1. The lowest BCUT2D eigenvalue weighted by atomic mass is 10.1. The SMILES string of the molecule is C=CCOc1ccccc1CN(C(=O)CN(CC#N)C1CC1)c1ccc2c(c1)OCO2. The fraction of sp³-hybridized carbons (Fsp3) is 0.333. The molecule has 1 amide bonds. The van der Waals surface area contributed by atoms with Crippen LogP contribution in [0.25, 0.3) is 0 Å². The van der Waals surface area contributed by atoms with E-state index in [0.717, 1.165) is 18.4 Å².